The van der Waals surface area contributed by atoms with E-state index in [1.54, 1.807) is 17.9 Å². The van der Waals surface area contributed by atoms with E-state index in [1.807, 2.05) is 32.2 Å². The van der Waals surface area contributed by atoms with Crippen LogP contribution in [0.25, 0.3) is 11.1 Å². The SMILES string of the molecule is C[C@H](CO)N1C[C@H](C)[C@@H](CN(C)Cc2ccc(-c3ccccc3)cc2)Oc2ccc(NC(=O)CCC(F)(F)F)cc2C1=O. The second kappa shape index (κ2) is 14.1. The van der Waals surface area contributed by atoms with Crippen molar-refractivity contribution in [3.05, 3.63) is 83.9 Å². The van der Waals surface area contributed by atoms with Crippen LogP contribution < -0.4 is 10.1 Å². The van der Waals surface area contributed by atoms with E-state index in [1.165, 1.54) is 12.1 Å². The Kier molecular flexibility index (Phi) is 10.5. The predicted molar refractivity (Wildman–Crippen MR) is 160 cm³/mol. The zero-order chi connectivity index (χ0) is 31.1. The molecule has 0 saturated heterocycles. The Balaban J connectivity index is 1.51. The van der Waals surface area contributed by atoms with Crippen LogP contribution in [0.4, 0.5) is 18.9 Å². The molecular weight excluding hydrogens is 559 g/mol. The van der Waals surface area contributed by atoms with Crippen molar-refractivity contribution in [1.82, 2.24) is 9.80 Å². The number of aliphatic hydroxyl groups is 1. The van der Waals surface area contributed by atoms with Crippen LogP contribution >= 0.6 is 0 Å². The average Bonchev–Trinajstić information content (AvgIpc) is 2.98. The first-order valence-electron chi connectivity index (χ1n) is 14.4. The molecule has 10 heteroatoms. The van der Waals surface area contributed by atoms with E-state index in [4.69, 9.17) is 4.74 Å². The van der Waals surface area contributed by atoms with Crippen LogP contribution in [0.2, 0.25) is 0 Å². The molecule has 3 aromatic rings. The molecule has 0 spiro atoms. The second-order valence-corrected chi connectivity index (χ2v) is 11.3. The third-order valence-electron chi connectivity index (χ3n) is 7.59. The van der Waals surface area contributed by atoms with Crippen LogP contribution in [-0.2, 0) is 11.3 Å². The van der Waals surface area contributed by atoms with E-state index < -0.39 is 31.0 Å². The molecule has 1 aliphatic rings. The number of nitrogens with one attached hydrogen (secondary N) is 1. The van der Waals surface area contributed by atoms with Crippen molar-refractivity contribution in [3.63, 3.8) is 0 Å². The molecule has 43 heavy (non-hydrogen) atoms. The third kappa shape index (κ3) is 8.81. The van der Waals surface area contributed by atoms with E-state index in [2.05, 4.69) is 46.6 Å². The summed E-state index contributed by atoms with van der Waals surface area (Å²) in [4.78, 5) is 29.5. The smallest absolute Gasteiger partial charge is 0.389 e. The Hall–Kier alpha value is -3.89. The van der Waals surface area contributed by atoms with Crippen molar-refractivity contribution in [3.8, 4) is 16.9 Å². The molecule has 0 unspecified atom stereocenters. The van der Waals surface area contributed by atoms with E-state index in [-0.39, 0.29) is 35.8 Å². The standard InChI is InChI=1S/C33H38F3N3O4/c1-22-18-39(23(2)21-40)32(42)28-17-27(37-31(41)15-16-33(34,35)36)13-14-29(28)43-30(22)20-38(3)19-24-9-11-26(12-10-24)25-7-5-4-6-8-25/h4-14,17,22-23,30,40H,15-16,18-21H2,1-3H3,(H,37,41)/t22-,23+,30+/m0/s1. The molecule has 7 nitrogen and oxygen atoms in total. The normalized spacial score (nSPS) is 18.0. The number of alkyl halides is 3. The number of carbonyl (C=O) groups excluding carboxylic acids is 2. The van der Waals surface area contributed by atoms with Crippen LogP contribution in [0, 0.1) is 5.92 Å². The number of halogens is 3. The molecule has 3 aromatic carbocycles. The summed E-state index contributed by atoms with van der Waals surface area (Å²) in [6, 6.07) is 22.6. The highest BCUT2D eigenvalue weighted by Gasteiger charge is 2.34. The number of likely N-dealkylation sites (N-methyl/N-ethyl adjacent to an activating group) is 1. The highest BCUT2D eigenvalue weighted by molar-refractivity contribution is 5.99. The summed E-state index contributed by atoms with van der Waals surface area (Å²) in [5.41, 5.74) is 3.79. The Morgan fingerprint density at radius 1 is 1.09 bits per heavy atom. The Morgan fingerprint density at radius 2 is 1.77 bits per heavy atom. The Morgan fingerprint density at radius 3 is 2.42 bits per heavy atom. The maximum Gasteiger partial charge on any atom is 0.389 e. The quantitative estimate of drug-likeness (QED) is 0.300. The number of aliphatic hydroxyl groups excluding tert-OH is 1. The van der Waals surface area contributed by atoms with Gasteiger partial charge in [0, 0.05) is 37.7 Å². The van der Waals surface area contributed by atoms with Gasteiger partial charge in [-0.15, -0.1) is 0 Å². The minimum Gasteiger partial charge on any atom is -0.488 e. The van der Waals surface area contributed by atoms with Crippen LogP contribution in [0.5, 0.6) is 5.75 Å². The van der Waals surface area contributed by atoms with Crippen molar-refractivity contribution < 1.29 is 32.6 Å². The molecule has 4 rings (SSSR count). The summed E-state index contributed by atoms with van der Waals surface area (Å²) in [6.07, 6.45) is -6.73. The lowest BCUT2D eigenvalue weighted by atomic mass is 9.99. The minimum atomic E-state index is -4.45. The van der Waals surface area contributed by atoms with E-state index in [9.17, 15) is 27.9 Å². The number of anilines is 1. The second-order valence-electron chi connectivity index (χ2n) is 11.3. The van der Waals surface area contributed by atoms with Crippen LogP contribution in [0.15, 0.2) is 72.8 Å². The molecule has 0 aromatic heterocycles. The molecule has 230 valence electrons. The molecule has 1 heterocycles. The molecular formula is C33H38F3N3O4. The highest BCUT2D eigenvalue weighted by Crippen LogP contribution is 2.31. The molecule has 0 saturated carbocycles. The van der Waals surface area contributed by atoms with Crippen LogP contribution in [0.3, 0.4) is 0 Å². The van der Waals surface area contributed by atoms with Gasteiger partial charge in [-0.2, -0.15) is 13.2 Å². The first-order valence-corrected chi connectivity index (χ1v) is 14.4. The minimum absolute atomic E-state index is 0.0873. The zero-order valence-electron chi connectivity index (χ0n) is 24.6. The first kappa shape index (κ1) is 32.0. The summed E-state index contributed by atoms with van der Waals surface area (Å²) in [5.74, 6) is -0.969. The van der Waals surface area contributed by atoms with Gasteiger partial charge in [0.15, 0.2) is 0 Å². The number of hydrogen-bond donors (Lipinski definition) is 2. The summed E-state index contributed by atoms with van der Waals surface area (Å²) in [6.45, 7) is 5.05. The van der Waals surface area contributed by atoms with Crippen molar-refractivity contribution in [2.24, 2.45) is 5.92 Å². The number of amides is 2. The van der Waals surface area contributed by atoms with Gasteiger partial charge >= 0.3 is 6.18 Å². The number of benzene rings is 3. The van der Waals surface area contributed by atoms with E-state index in [0.29, 0.717) is 25.4 Å². The van der Waals surface area contributed by atoms with Gasteiger partial charge in [0.05, 0.1) is 24.6 Å². The van der Waals surface area contributed by atoms with Crippen molar-refractivity contribution >= 4 is 17.5 Å². The molecule has 0 radical (unpaired) electrons. The fraction of sp³-hybridized carbons (Fsp3) is 0.394. The molecule has 2 N–H and O–H groups in total. The third-order valence-corrected chi connectivity index (χ3v) is 7.59. The number of nitrogens with zero attached hydrogens (tertiary/aromatic N) is 2. The van der Waals surface area contributed by atoms with E-state index in [0.717, 1.165) is 16.7 Å². The highest BCUT2D eigenvalue weighted by atomic mass is 19.4. The van der Waals surface area contributed by atoms with Gasteiger partial charge in [-0.1, -0.05) is 61.5 Å². The average molecular weight is 598 g/mol. The molecule has 0 bridgehead atoms. The van der Waals surface area contributed by atoms with Gasteiger partial charge in [0.25, 0.3) is 5.91 Å². The van der Waals surface area contributed by atoms with Crippen molar-refractivity contribution in [2.75, 3.05) is 32.1 Å². The van der Waals surface area contributed by atoms with Crippen molar-refractivity contribution in [1.29, 1.82) is 0 Å². The molecule has 3 atom stereocenters. The number of fused-ring (bicyclic) bond motifs is 1. The van der Waals surface area contributed by atoms with Crippen LogP contribution in [0.1, 0.15) is 42.6 Å². The van der Waals surface area contributed by atoms with Gasteiger partial charge < -0.3 is 20.1 Å². The summed E-state index contributed by atoms with van der Waals surface area (Å²) >= 11 is 0. The lowest BCUT2D eigenvalue weighted by molar-refractivity contribution is -0.142. The zero-order valence-corrected chi connectivity index (χ0v) is 24.6. The topological polar surface area (TPSA) is 82.1 Å². The number of ether oxygens (including phenoxy) is 1. The monoisotopic (exact) mass is 597 g/mol. The summed E-state index contributed by atoms with van der Waals surface area (Å²) < 4.78 is 44.1. The van der Waals surface area contributed by atoms with Gasteiger partial charge in [-0.05, 0) is 48.9 Å². The molecule has 2 amide bonds. The van der Waals surface area contributed by atoms with Crippen LogP contribution in [-0.4, -0.2) is 71.8 Å². The maximum absolute atomic E-state index is 13.6. The largest absolute Gasteiger partial charge is 0.488 e. The maximum atomic E-state index is 13.6. The summed E-state index contributed by atoms with van der Waals surface area (Å²) in [5, 5.41) is 12.3. The Labute approximate surface area is 250 Å². The fourth-order valence-electron chi connectivity index (χ4n) is 5.11. The van der Waals surface area contributed by atoms with Gasteiger partial charge in [-0.25, -0.2) is 0 Å². The lowest BCUT2D eigenvalue weighted by Crippen LogP contribution is -2.49. The predicted octanol–water partition coefficient (Wildman–Crippen LogP) is 5.99. The fourth-order valence-corrected chi connectivity index (χ4v) is 5.11. The molecule has 1 aliphatic heterocycles. The summed E-state index contributed by atoms with van der Waals surface area (Å²) in [7, 11) is 2.00. The molecule has 0 aliphatic carbocycles. The Bertz CT molecular complexity index is 1380. The van der Waals surface area contributed by atoms with Crippen molar-refractivity contribution in [2.45, 2.75) is 51.6 Å². The van der Waals surface area contributed by atoms with Gasteiger partial charge in [0.1, 0.15) is 11.9 Å². The van der Waals surface area contributed by atoms with Gasteiger partial charge in [0.2, 0.25) is 5.91 Å². The van der Waals surface area contributed by atoms with Gasteiger partial charge in [-0.3, -0.25) is 14.5 Å². The number of rotatable bonds is 10. The van der Waals surface area contributed by atoms with E-state index >= 15 is 0 Å². The molecule has 0 fully saturated rings. The number of carbonyl (C=O) groups is 2. The first-order chi connectivity index (χ1) is 20.4. The lowest BCUT2D eigenvalue weighted by Gasteiger charge is -2.38. The number of hydrogen-bond acceptors (Lipinski definition) is 5.